The summed E-state index contributed by atoms with van der Waals surface area (Å²) in [6, 6.07) is 7.42. The van der Waals surface area contributed by atoms with E-state index in [1.165, 1.54) is 0 Å². The van der Waals surface area contributed by atoms with E-state index in [9.17, 15) is 4.79 Å². The zero-order valence-corrected chi connectivity index (χ0v) is 12.9. The van der Waals surface area contributed by atoms with E-state index in [4.69, 9.17) is 0 Å². The third-order valence-corrected chi connectivity index (χ3v) is 3.32. The lowest BCUT2D eigenvalue weighted by Gasteiger charge is -2.21. The van der Waals surface area contributed by atoms with E-state index in [1.807, 2.05) is 57.2 Å². The number of amides is 1. The predicted molar refractivity (Wildman–Crippen MR) is 82.8 cm³/mol. The minimum atomic E-state index is -0.123. The van der Waals surface area contributed by atoms with Gasteiger partial charge in [0.15, 0.2) is 5.82 Å². The van der Waals surface area contributed by atoms with Crippen LogP contribution in [0.25, 0.3) is 11.4 Å². The van der Waals surface area contributed by atoms with Gasteiger partial charge in [-0.3, -0.25) is 14.4 Å². The molecular formula is C15H21N5O. The second kappa shape index (κ2) is 6.49. The third-order valence-electron chi connectivity index (χ3n) is 3.32. The average Bonchev–Trinajstić information content (AvgIpc) is 2.86. The minimum Gasteiger partial charge on any atom is -0.325 e. The summed E-state index contributed by atoms with van der Waals surface area (Å²) in [5.41, 5.74) is 1.70. The first-order chi connectivity index (χ1) is 10.0. The number of hydrogen-bond acceptors (Lipinski definition) is 4. The lowest BCUT2D eigenvalue weighted by molar-refractivity contribution is -0.120. The fourth-order valence-corrected chi connectivity index (χ4v) is 2.18. The smallest absolute Gasteiger partial charge is 0.241 e. The van der Waals surface area contributed by atoms with E-state index >= 15 is 0 Å². The number of nitrogens with one attached hydrogen (secondary N) is 1. The van der Waals surface area contributed by atoms with Gasteiger partial charge in [0.05, 0.1) is 6.04 Å². The molecule has 1 aromatic heterocycles. The highest BCUT2D eigenvalue weighted by Crippen LogP contribution is 2.18. The molecule has 6 heteroatoms. The fourth-order valence-electron chi connectivity index (χ4n) is 2.18. The highest BCUT2D eigenvalue weighted by Gasteiger charge is 2.18. The molecule has 1 N–H and O–H groups in total. The van der Waals surface area contributed by atoms with Crippen molar-refractivity contribution in [3.05, 3.63) is 30.6 Å². The molecule has 6 nitrogen and oxygen atoms in total. The monoisotopic (exact) mass is 287 g/mol. The van der Waals surface area contributed by atoms with Crippen molar-refractivity contribution in [1.82, 2.24) is 19.7 Å². The van der Waals surface area contributed by atoms with E-state index in [-0.39, 0.29) is 11.9 Å². The van der Waals surface area contributed by atoms with Gasteiger partial charge < -0.3 is 5.32 Å². The van der Waals surface area contributed by atoms with Gasteiger partial charge in [0, 0.05) is 18.3 Å². The summed E-state index contributed by atoms with van der Waals surface area (Å²) in [4.78, 5) is 18.3. The molecular weight excluding hydrogens is 266 g/mol. The largest absolute Gasteiger partial charge is 0.325 e. The Kier molecular flexibility index (Phi) is 4.70. The van der Waals surface area contributed by atoms with Crippen LogP contribution in [-0.2, 0) is 11.8 Å². The molecule has 1 aromatic carbocycles. The third kappa shape index (κ3) is 3.66. The SMILES string of the molecule is CC[C@@H](C(=O)Nc1ccc(-c2ncn(C)n2)cc1)N(C)C. The van der Waals surface area contributed by atoms with Crippen molar-refractivity contribution in [3.63, 3.8) is 0 Å². The maximum absolute atomic E-state index is 12.2. The molecule has 1 heterocycles. The van der Waals surface area contributed by atoms with Crippen molar-refractivity contribution in [2.75, 3.05) is 19.4 Å². The Hall–Kier alpha value is -2.21. The molecule has 1 atom stereocenters. The molecule has 2 aromatic rings. The molecule has 0 saturated heterocycles. The number of nitrogens with zero attached hydrogens (tertiary/aromatic N) is 4. The number of aryl methyl sites for hydroxylation is 1. The van der Waals surface area contributed by atoms with Crippen LogP contribution >= 0.6 is 0 Å². The summed E-state index contributed by atoms with van der Waals surface area (Å²) in [5, 5.41) is 7.18. The fraction of sp³-hybridized carbons (Fsp3) is 0.400. The lowest BCUT2D eigenvalue weighted by atomic mass is 10.1. The summed E-state index contributed by atoms with van der Waals surface area (Å²) in [7, 11) is 5.64. The van der Waals surface area contributed by atoms with Gasteiger partial charge in [0.1, 0.15) is 6.33 Å². The van der Waals surface area contributed by atoms with Crippen molar-refractivity contribution < 1.29 is 4.79 Å². The summed E-state index contributed by atoms with van der Waals surface area (Å²) in [6.07, 6.45) is 2.43. The Balaban J connectivity index is 2.07. The van der Waals surface area contributed by atoms with E-state index in [2.05, 4.69) is 15.4 Å². The number of carbonyl (C=O) groups is 1. The van der Waals surface area contributed by atoms with E-state index < -0.39 is 0 Å². The summed E-state index contributed by atoms with van der Waals surface area (Å²) < 4.78 is 1.66. The Morgan fingerprint density at radius 2 is 2.00 bits per heavy atom. The second-order valence-electron chi connectivity index (χ2n) is 5.20. The zero-order valence-electron chi connectivity index (χ0n) is 12.9. The van der Waals surface area contributed by atoms with Gasteiger partial charge in [0.25, 0.3) is 0 Å². The number of carbonyl (C=O) groups excluding carboxylic acids is 1. The van der Waals surface area contributed by atoms with Crippen LogP contribution in [0.1, 0.15) is 13.3 Å². The molecule has 0 spiro atoms. The standard InChI is InChI=1S/C15H21N5O/c1-5-13(19(2)3)15(21)17-12-8-6-11(7-9-12)14-16-10-20(4)18-14/h6-10,13H,5H2,1-4H3,(H,17,21)/t13-/m0/s1. The quantitative estimate of drug-likeness (QED) is 0.910. The van der Waals surface area contributed by atoms with Crippen LogP contribution in [0.4, 0.5) is 5.69 Å². The maximum Gasteiger partial charge on any atom is 0.241 e. The van der Waals surface area contributed by atoms with Crippen molar-refractivity contribution in [2.24, 2.45) is 7.05 Å². The van der Waals surface area contributed by atoms with E-state index in [0.717, 1.165) is 17.7 Å². The minimum absolute atomic E-state index is 0.00575. The van der Waals surface area contributed by atoms with Gasteiger partial charge in [-0.2, -0.15) is 5.10 Å². The van der Waals surface area contributed by atoms with E-state index in [0.29, 0.717) is 5.82 Å². The van der Waals surface area contributed by atoms with Gasteiger partial charge in [-0.1, -0.05) is 6.92 Å². The Bertz CT molecular complexity index is 603. The molecule has 0 fully saturated rings. The number of hydrogen-bond donors (Lipinski definition) is 1. The Morgan fingerprint density at radius 1 is 1.33 bits per heavy atom. The molecule has 0 radical (unpaired) electrons. The van der Waals surface area contributed by atoms with Gasteiger partial charge >= 0.3 is 0 Å². The summed E-state index contributed by atoms with van der Waals surface area (Å²) >= 11 is 0. The topological polar surface area (TPSA) is 63.1 Å². The second-order valence-corrected chi connectivity index (χ2v) is 5.20. The lowest BCUT2D eigenvalue weighted by Crippen LogP contribution is -2.39. The molecule has 0 bridgehead atoms. The average molecular weight is 287 g/mol. The van der Waals surface area contributed by atoms with E-state index in [1.54, 1.807) is 11.0 Å². The van der Waals surface area contributed by atoms with Crippen LogP contribution in [-0.4, -0.2) is 45.7 Å². The molecule has 0 aliphatic rings. The van der Waals surface area contributed by atoms with Crippen molar-refractivity contribution in [1.29, 1.82) is 0 Å². The van der Waals surface area contributed by atoms with Crippen molar-refractivity contribution >= 4 is 11.6 Å². The maximum atomic E-state index is 12.2. The molecule has 2 rings (SSSR count). The number of anilines is 1. The van der Waals surface area contributed by atoms with Gasteiger partial charge in [-0.25, -0.2) is 4.98 Å². The zero-order chi connectivity index (χ0) is 15.4. The molecule has 21 heavy (non-hydrogen) atoms. The number of likely N-dealkylation sites (N-methyl/N-ethyl adjacent to an activating group) is 1. The molecule has 0 aliphatic heterocycles. The molecule has 0 aliphatic carbocycles. The van der Waals surface area contributed by atoms with Gasteiger partial charge in [0.2, 0.25) is 5.91 Å². The van der Waals surface area contributed by atoms with Crippen LogP contribution in [0.5, 0.6) is 0 Å². The molecule has 0 unspecified atom stereocenters. The number of rotatable bonds is 5. The summed E-state index contributed by atoms with van der Waals surface area (Å²) in [5.74, 6) is 0.682. The predicted octanol–water partition coefficient (Wildman–Crippen LogP) is 1.76. The first-order valence-electron chi connectivity index (χ1n) is 6.94. The summed E-state index contributed by atoms with van der Waals surface area (Å²) in [6.45, 7) is 2.00. The molecule has 1 amide bonds. The Morgan fingerprint density at radius 3 is 2.48 bits per heavy atom. The van der Waals surface area contributed by atoms with Crippen LogP contribution in [0.15, 0.2) is 30.6 Å². The van der Waals surface area contributed by atoms with Crippen molar-refractivity contribution in [2.45, 2.75) is 19.4 Å². The highest BCUT2D eigenvalue weighted by molar-refractivity contribution is 5.94. The van der Waals surface area contributed by atoms with Crippen LogP contribution in [0.3, 0.4) is 0 Å². The first-order valence-corrected chi connectivity index (χ1v) is 6.94. The normalized spacial score (nSPS) is 12.4. The van der Waals surface area contributed by atoms with Crippen LogP contribution < -0.4 is 5.32 Å². The molecule has 112 valence electrons. The van der Waals surface area contributed by atoms with Gasteiger partial charge in [-0.05, 0) is 44.8 Å². The Labute approximate surface area is 124 Å². The number of benzene rings is 1. The number of aromatic nitrogens is 3. The first kappa shape index (κ1) is 15.2. The van der Waals surface area contributed by atoms with Gasteiger partial charge in [-0.15, -0.1) is 0 Å². The molecule has 0 saturated carbocycles. The van der Waals surface area contributed by atoms with Crippen molar-refractivity contribution in [3.8, 4) is 11.4 Å². The van der Waals surface area contributed by atoms with Crippen LogP contribution in [0.2, 0.25) is 0 Å². The highest BCUT2D eigenvalue weighted by atomic mass is 16.2. The van der Waals surface area contributed by atoms with Crippen LogP contribution in [0, 0.1) is 0 Å².